The van der Waals surface area contributed by atoms with Crippen LogP contribution < -0.4 is 10.1 Å². The number of carbonyl (C=O) groups is 1. The van der Waals surface area contributed by atoms with Gasteiger partial charge in [-0.25, -0.2) is 0 Å². The summed E-state index contributed by atoms with van der Waals surface area (Å²) in [5.74, 6) is -0.0138. The molecule has 0 amide bonds. The lowest BCUT2D eigenvalue weighted by Crippen LogP contribution is -2.34. The number of carboxylic acids is 1. The number of methoxy groups -OCH3 is 1. The molecule has 1 aromatic carbocycles. The Balaban J connectivity index is 2.63. The van der Waals surface area contributed by atoms with Gasteiger partial charge in [-0.3, -0.25) is 4.79 Å². The third-order valence-corrected chi connectivity index (χ3v) is 2.54. The summed E-state index contributed by atoms with van der Waals surface area (Å²) in [6, 6.07) is 7.14. The van der Waals surface area contributed by atoms with Crippen molar-refractivity contribution in [2.24, 2.45) is 0 Å². The van der Waals surface area contributed by atoms with E-state index in [9.17, 15) is 4.79 Å². The highest BCUT2D eigenvalue weighted by Crippen LogP contribution is 2.19. The Labute approximate surface area is 95.2 Å². The van der Waals surface area contributed by atoms with Crippen LogP contribution in [0.4, 0.5) is 0 Å². The van der Waals surface area contributed by atoms with Crippen LogP contribution in [0.5, 0.6) is 5.75 Å². The predicted molar refractivity (Wildman–Crippen MR) is 61.8 cm³/mol. The van der Waals surface area contributed by atoms with Gasteiger partial charge in [0.1, 0.15) is 11.8 Å². The first-order valence-electron chi connectivity index (χ1n) is 5.21. The third kappa shape index (κ3) is 3.24. The molecular weight excluding hydrogens is 206 g/mol. The van der Waals surface area contributed by atoms with E-state index >= 15 is 0 Å². The largest absolute Gasteiger partial charge is 0.496 e. The van der Waals surface area contributed by atoms with E-state index in [0.717, 1.165) is 11.3 Å². The molecule has 0 saturated heterocycles. The number of nitrogens with one attached hydrogen (secondary N) is 1. The van der Waals surface area contributed by atoms with Gasteiger partial charge in [-0.1, -0.05) is 18.2 Å². The van der Waals surface area contributed by atoms with E-state index in [0.29, 0.717) is 12.8 Å². The van der Waals surface area contributed by atoms with Crippen LogP contribution >= 0.6 is 0 Å². The van der Waals surface area contributed by atoms with E-state index in [4.69, 9.17) is 9.84 Å². The summed E-state index contributed by atoms with van der Waals surface area (Å²) in [6.45, 7) is 0. The number of para-hydroxylation sites is 1. The number of carboxylic acid groups (broad SMARTS) is 1. The molecule has 1 aromatic rings. The van der Waals surface area contributed by atoms with Crippen LogP contribution in [0.1, 0.15) is 12.0 Å². The molecule has 0 aromatic heterocycles. The molecule has 0 heterocycles. The van der Waals surface area contributed by atoms with Crippen molar-refractivity contribution in [1.82, 2.24) is 5.32 Å². The lowest BCUT2D eigenvalue weighted by atomic mass is 10.0. The van der Waals surface area contributed by atoms with Crippen molar-refractivity contribution in [1.29, 1.82) is 0 Å². The maximum atomic E-state index is 10.8. The molecule has 0 radical (unpaired) electrons. The summed E-state index contributed by atoms with van der Waals surface area (Å²) in [5.41, 5.74) is 1.03. The number of hydrogen-bond acceptors (Lipinski definition) is 3. The van der Waals surface area contributed by atoms with Crippen molar-refractivity contribution in [3.05, 3.63) is 29.8 Å². The molecule has 1 rings (SSSR count). The van der Waals surface area contributed by atoms with Crippen LogP contribution in [0.15, 0.2) is 24.3 Å². The number of likely N-dealkylation sites (N-methyl/N-ethyl adjacent to an activating group) is 1. The molecule has 16 heavy (non-hydrogen) atoms. The monoisotopic (exact) mass is 223 g/mol. The highest BCUT2D eigenvalue weighted by Gasteiger charge is 2.15. The number of aryl methyl sites for hydroxylation is 1. The van der Waals surface area contributed by atoms with Gasteiger partial charge in [-0.15, -0.1) is 0 Å². The van der Waals surface area contributed by atoms with Crippen LogP contribution in [-0.2, 0) is 11.2 Å². The molecule has 4 nitrogen and oxygen atoms in total. The molecule has 0 bridgehead atoms. The smallest absolute Gasteiger partial charge is 0.320 e. The number of aliphatic carboxylic acids is 1. The minimum absolute atomic E-state index is 0.509. The zero-order chi connectivity index (χ0) is 12.0. The fraction of sp³-hybridized carbons (Fsp3) is 0.417. The molecule has 0 aliphatic heterocycles. The Morgan fingerprint density at radius 2 is 2.19 bits per heavy atom. The topological polar surface area (TPSA) is 58.6 Å². The molecule has 0 unspecified atom stereocenters. The van der Waals surface area contributed by atoms with Crippen LogP contribution in [0.3, 0.4) is 0 Å². The summed E-state index contributed by atoms with van der Waals surface area (Å²) >= 11 is 0. The molecule has 0 aliphatic carbocycles. The second-order valence-corrected chi connectivity index (χ2v) is 3.53. The second kappa shape index (κ2) is 6.12. The van der Waals surface area contributed by atoms with E-state index in [-0.39, 0.29) is 0 Å². The number of ether oxygens (including phenoxy) is 1. The molecule has 4 heteroatoms. The van der Waals surface area contributed by atoms with Gasteiger partial charge in [0.05, 0.1) is 7.11 Å². The molecule has 0 aliphatic rings. The molecule has 88 valence electrons. The van der Waals surface area contributed by atoms with Crippen LogP contribution in [0.2, 0.25) is 0 Å². The van der Waals surface area contributed by atoms with Gasteiger partial charge in [0.15, 0.2) is 0 Å². The summed E-state index contributed by atoms with van der Waals surface area (Å²) in [5, 5.41) is 11.7. The summed E-state index contributed by atoms with van der Waals surface area (Å²) in [7, 11) is 3.27. The first kappa shape index (κ1) is 12.5. The van der Waals surface area contributed by atoms with Gasteiger partial charge < -0.3 is 15.2 Å². The Kier molecular flexibility index (Phi) is 4.79. The Hall–Kier alpha value is -1.55. The number of benzene rings is 1. The normalized spacial score (nSPS) is 12.1. The summed E-state index contributed by atoms with van der Waals surface area (Å²) in [6.07, 6.45) is 1.23. The average Bonchev–Trinajstić information content (AvgIpc) is 2.30. The lowest BCUT2D eigenvalue weighted by Gasteiger charge is -2.12. The SMILES string of the molecule is CN[C@H](CCc1ccccc1OC)C(=O)O. The van der Waals surface area contributed by atoms with Crippen molar-refractivity contribution in [3.8, 4) is 5.75 Å². The maximum Gasteiger partial charge on any atom is 0.320 e. The Bertz CT molecular complexity index is 352. The Morgan fingerprint density at radius 1 is 1.50 bits per heavy atom. The standard InChI is InChI=1S/C12H17NO3/c1-13-10(12(14)15)8-7-9-5-3-4-6-11(9)16-2/h3-6,10,13H,7-8H2,1-2H3,(H,14,15)/t10-/m1/s1. The van der Waals surface area contributed by atoms with E-state index < -0.39 is 12.0 Å². The quantitative estimate of drug-likeness (QED) is 0.763. The molecule has 0 fully saturated rings. The zero-order valence-electron chi connectivity index (χ0n) is 9.56. The fourth-order valence-electron chi connectivity index (χ4n) is 1.60. The number of rotatable bonds is 6. The first-order valence-corrected chi connectivity index (χ1v) is 5.21. The molecule has 1 atom stereocenters. The predicted octanol–water partition coefficient (Wildman–Crippen LogP) is 1.30. The van der Waals surface area contributed by atoms with Gasteiger partial charge in [0.25, 0.3) is 0 Å². The van der Waals surface area contributed by atoms with Crippen molar-refractivity contribution in [3.63, 3.8) is 0 Å². The second-order valence-electron chi connectivity index (χ2n) is 3.53. The van der Waals surface area contributed by atoms with Gasteiger partial charge >= 0.3 is 5.97 Å². The summed E-state index contributed by atoms with van der Waals surface area (Å²) in [4.78, 5) is 10.8. The van der Waals surface area contributed by atoms with Crippen LogP contribution in [-0.4, -0.2) is 31.3 Å². The lowest BCUT2D eigenvalue weighted by molar-refractivity contribution is -0.139. The van der Waals surface area contributed by atoms with Gasteiger partial charge in [-0.2, -0.15) is 0 Å². The summed E-state index contributed by atoms with van der Waals surface area (Å²) < 4.78 is 5.20. The first-order chi connectivity index (χ1) is 7.69. The highest BCUT2D eigenvalue weighted by molar-refractivity contribution is 5.73. The van der Waals surface area contributed by atoms with E-state index in [2.05, 4.69) is 5.32 Å². The van der Waals surface area contributed by atoms with Crippen molar-refractivity contribution < 1.29 is 14.6 Å². The van der Waals surface area contributed by atoms with E-state index in [1.54, 1.807) is 14.2 Å². The van der Waals surface area contributed by atoms with E-state index in [1.807, 2.05) is 24.3 Å². The molecule has 2 N–H and O–H groups in total. The van der Waals surface area contributed by atoms with Crippen LogP contribution in [0.25, 0.3) is 0 Å². The minimum atomic E-state index is -0.822. The van der Waals surface area contributed by atoms with Crippen molar-refractivity contribution >= 4 is 5.97 Å². The minimum Gasteiger partial charge on any atom is -0.496 e. The zero-order valence-corrected chi connectivity index (χ0v) is 9.56. The van der Waals surface area contributed by atoms with Crippen LogP contribution in [0, 0.1) is 0 Å². The third-order valence-electron chi connectivity index (χ3n) is 2.54. The molecule has 0 saturated carbocycles. The van der Waals surface area contributed by atoms with Gasteiger partial charge in [0.2, 0.25) is 0 Å². The highest BCUT2D eigenvalue weighted by atomic mass is 16.5. The van der Waals surface area contributed by atoms with Crippen molar-refractivity contribution in [2.75, 3.05) is 14.2 Å². The van der Waals surface area contributed by atoms with E-state index in [1.165, 1.54) is 0 Å². The Morgan fingerprint density at radius 3 is 2.75 bits per heavy atom. The van der Waals surface area contributed by atoms with Gasteiger partial charge in [0, 0.05) is 0 Å². The average molecular weight is 223 g/mol. The molecule has 0 spiro atoms. The number of hydrogen-bond donors (Lipinski definition) is 2. The molecular formula is C12H17NO3. The van der Waals surface area contributed by atoms with Crippen molar-refractivity contribution in [2.45, 2.75) is 18.9 Å². The fourth-order valence-corrected chi connectivity index (χ4v) is 1.60. The van der Waals surface area contributed by atoms with Gasteiger partial charge in [-0.05, 0) is 31.5 Å². The maximum absolute atomic E-state index is 10.8.